The average Bonchev–Trinajstić information content (AvgIpc) is 3.27. The topological polar surface area (TPSA) is 52.6 Å². The van der Waals surface area contributed by atoms with Gasteiger partial charge in [-0.25, -0.2) is 9.59 Å². The minimum atomic E-state index is -1.07. The largest absolute Gasteiger partial charge is 0.425 e. The smallest absolute Gasteiger partial charge is 0.331 e. The van der Waals surface area contributed by atoms with Gasteiger partial charge in [0, 0.05) is 0 Å². The minimum absolute atomic E-state index is 0.331. The molecule has 8 aromatic carbocycles. The van der Waals surface area contributed by atoms with E-state index in [1.807, 2.05) is 218 Å². The molecule has 56 heavy (non-hydrogen) atoms. The van der Waals surface area contributed by atoms with Crippen LogP contribution in [-0.4, -0.2) is 11.9 Å². The summed E-state index contributed by atoms with van der Waals surface area (Å²) in [5.74, 6) is 0.393. The molecule has 0 fully saturated rings. The molecule has 0 saturated carbocycles. The van der Waals surface area contributed by atoms with E-state index in [1.165, 1.54) is 0 Å². The highest BCUT2D eigenvalue weighted by molar-refractivity contribution is 5.94. The lowest BCUT2D eigenvalue weighted by molar-refractivity contribution is -0.138. The van der Waals surface area contributed by atoms with Gasteiger partial charge in [-0.3, -0.25) is 0 Å². The number of carbonyl (C=O) groups excluding carboxylic acids is 2. The monoisotopic (exact) mass is 728 g/mol. The first-order chi connectivity index (χ1) is 27.6. The first kappa shape index (κ1) is 37.0. The van der Waals surface area contributed by atoms with Crippen LogP contribution < -0.4 is 9.47 Å². The van der Waals surface area contributed by atoms with Crippen LogP contribution in [0.3, 0.4) is 0 Å². The second kappa shape index (κ2) is 17.7. The molecule has 0 atom stereocenters. The zero-order valence-electron chi connectivity index (χ0n) is 30.7. The molecular weight excluding hydrogens is 689 g/mol. The van der Waals surface area contributed by atoms with Crippen molar-refractivity contribution < 1.29 is 19.1 Å². The Labute approximate surface area is 328 Å². The van der Waals surface area contributed by atoms with E-state index in [4.69, 9.17) is 9.47 Å². The van der Waals surface area contributed by atoms with E-state index >= 15 is 0 Å². The summed E-state index contributed by atoms with van der Waals surface area (Å²) in [6.07, 6.45) is 0. The van der Waals surface area contributed by atoms with Gasteiger partial charge in [0.1, 0.15) is 22.3 Å². The summed E-state index contributed by atoms with van der Waals surface area (Å²) in [6, 6.07) is 77.3. The lowest BCUT2D eigenvalue weighted by Gasteiger charge is -2.33. The van der Waals surface area contributed by atoms with Gasteiger partial charge in [-0.2, -0.15) is 0 Å². The third-order valence-electron chi connectivity index (χ3n) is 9.76. The van der Waals surface area contributed by atoms with Gasteiger partial charge in [0.25, 0.3) is 0 Å². The SMILES string of the molecule is O=C(Oc1ccccc1)C(c1ccccc1)(c1ccccc1)c1ccccc1.O=C(Oc1ccccc1)C(c1ccccc1)(c1ccccc1)c1ccccc1. The van der Waals surface area contributed by atoms with Crippen LogP contribution in [0.5, 0.6) is 11.5 Å². The molecule has 0 saturated heterocycles. The minimum Gasteiger partial charge on any atom is -0.425 e. The molecule has 0 bridgehead atoms. The van der Waals surface area contributed by atoms with Crippen LogP contribution >= 0.6 is 0 Å². The first-order valence-corrected chi connectivity index (χ1v) is 18.5. The van der Waals surface area contributed by atoms with Gasteiger partial charge in [0.2, 0.25) is 0 Å². The number of ether oxygens (including phenoxy) is 2. The fourth-order valence-corrected chi connectivity index (χ4v) is 7.18. The zero-order valence-corrected chi connectivity index (χ0v) is 30.7. The number of hydrogen-bond donors (Lipinski definition) is 0. The molecule has 0 heterocycles. The van der Waals surface area contributed by atoms with Crippen molar-refractivity contribution in [2.75, 3.05) is 0 Å². The molecule has 0 N–H and O–H groups in total. The molecule has 0 aliphatic carbocycles. The van der Waals surface area contributed by atoms with Crippen LogP contribution in [0.25, 0.3) is 0 Å². The molecule has 0 aromatic heterocycles. The number of para-hydroxylation sites is 2. The summed E-state index contributed by atoms with van der Waals surface area (Å²) in [5.41, 5.74) is 3.07. The van der Waals surface area contributed by atoms with Crippen LogP contribution in [0.1, 0.15) is 33.4 Å². The Morgan fingerprint density at radius 1 is 0.250 bits per heavy atom. The molecule has 0 radical (unpaired) electrons. The van der Waals surface area contributed by atoms with Crippen LogP contribution in [0.4, 0.5) is 0 Å². The molecule has 0 aliphatic heterocycles. The van der Waals surface area contributed by atoms with Crippen molar-refractivity contribution in [3.63, 3.8) is 0 Å². The molecule has 0 unspecified atom stereocenters. The summed E-state index contributed by atoms with van der Waals surface area (Å²) >= 11 is 0. The van der Waals surface area contributed by atoms with Crippen LogP contribution in [0, 0.1) is 0 Å². The lowest BCUT2D eigenvalue weighted by atomic mass is 9.69. The van der Waals surface area contributed by atoms with Crippen molar-refractivity contribution in [2.45, 2.75) is 10.8 Å². The Hall–Kier alpha value is -7.30. The van der Waals surface area contributed by atoms with E-state index in [0.29, 0.717) is 11.5 Å². The van der Waals surface area contributed by atoms with E-state index in [2.05, 4.69) is 0 Å². The van der Waals surface area contributed by atoms with E-state index in [0.717, 1.165) is 33.4 Å². The van der Waals surface area contributed by atoms with Crippen molar-refractivity contribution in [3.05, 3.63) is 276 Å². The van der Waals surface area contributed by atoms with Gasteiger partial charge in [-0.05, 0) is 57.6 Å². The molecule has 8 aromatic rings. The predicted molar refractivity (Wildman–Crippen MR) is 223 cm³/mol. The summed E-state index contributed by atoms with van der Waals surface area (Å²) in [4.78, 5) is 27.6. The molecule has 272 valence electrons. The maximum absolute atomic E-state index is 13.8. The number of hydrogen-bond acceptors (Lipinski definition) is 4. The fraction of sp³-hybridized carbons (Fsp3) is 0.0385. The van der Waals surface area contributed by atoms with Gasteiger partial charge >= 0.3 is 11.9 Å². The Kier molecular flexibility index (Phi) is 11.7. The van der Waals surface area contributed by atoms with E-state index in [-0.39, 0.29) is 11.9 Å². The quantitative estimate of drug-likeness (QED) is 0.0799. The summed E-state index contributed by atoms with van der Waals surface area (Å²) in [7, 11) is 0. The Balaban J connectivity index is 0.000000172. The number of esters is 2. The normalized spacial score (nSPS) is 11.0. The van der Waals surface area contributed by atoms with Crippen LogP contribution in [0.2, 0.25) is 0 Å². The molecular formula is C52H40O4. The lowest BCUT2D eigenvalue weighted by Crippen LogP contribution is -2.41. The fourth-order valence-electron chi connectivity index (χ4n) is 7.18. The third kappa shape index (κ3) is 7.68. The van der Waals surface area contributed by atoms with Gasteiger partial charge in [-0.15, -0.1) is 0 Å². The van der Waals surface area contributed by atoms with Crippen molar-refractivity contribution in [1.29, 1.82) is 0 Å². The maximum Gasteiger partial charge on any atom is 0.331 e. The predicted octanol–water partition coefficient (Wildman–Crippen LogP) is 11.3. The molecule has 8 rings (SSSR count). The van der Waals surface area contributed by atoms with E-state index in [1.54, 1.807) is 24.3 Å². The Bertz CT molecular complexity index is 2040. The molecule has 0 amide bonds. The summed E-state index contributed by atoms with van der Waals surface area (Å²) in [6.45, 7) is 0. The summed E-state index contributed by atoms with van der Waals surface area (Å²) < 4.78 is 11.8. The summed E-state index contributed by atoms with van der Waals surface area (Å²) in [5, 5.41) is 0. The Morgan fingerprint density at radius 3 is 0.589 bits per heavy atom. The highest BCUT2D eigenvalue weighted by Crippen LogP contribution is 2.42. The number of benzene rings is 8. The van der Waals surface area contributed by atoms with Crippen LogP contribution in [-0.2, 0) is 20.4 Å². The molecule has 4 nitrogen and oxygen atoms in total. The Morgan fingerprint density at radius 2 is 0.411 bits per heavy atom. The van der Waals surface area contributed by atoms with Gasteiger partial charge < -0.3 is 9.47 Å². The number of rotatable bonds is 10. The maximum atomic E-state index is 13.8. The van der Waals surface area contributed by atoms with Gasteiger partial charge in [0.05, 0.1) is 0 Å². The highest BCUT2D eigenvalue weighted by atomic mass is 16.5. The average molecular weight is 729 g/mol. The van der Waals surface area contributed by atoms with E-state index in [9.17, 15) is 9.59 Å². The second-order valence-electron chi connectivity index (χ2n) is 13.1. The second-order valence-corrected chi connectivity index (χ2v) is 13.1. The van der Waals surface area contributed by atoms with Crippen LogP contribution in [0.15, 0.2) is 243 Å². The number of carbonyl (C=O) groups is 2. The zero-order chi connectivity index (χ0) is 38.5. The molecule has 0 aliphatic rings. The van der Waals surface area contributed by atoms with Crippen molar-refractivity contribution in [1.82, 2.24) is 0 Å². The van der Waals surface area contributed by atoms with E-state index < -0.39 is 10.8 Å². The highest BCUT2D eigenvalue weighted by Gasteiger charge is 2.46. The molecule has 4 heteroatoms. The van der Waals surface area contributed by atoms with Crippen molar-refractivity contribution >= 4 is 11.9 Å². The van der Waals surface area contributed by atoms with Crippen molar-refractivity contribution in [3.8, 4) is 11.5 Å². The first-order valence-electron chi connectivity index (χ1n) is 18.5. The van der Waals surface area contributed by atoms with Gasteiger partial charge in [-0.1, -0.05) is 218 Å². The third-order valence-corrected chi connectivity index (χ3v) is 9.76. The standard InChI is InChI=1S/2C26H20O2/c2*27-25(28-24-19-11-4-12-20-24)26(21-13-5-1-6-14-21,22-15-7-2-8-16-22)23-17-9-3-10-18-23/h2*1-20H. The molecule has 0 spiro atoms. The van der Waals surface area contributed by atoms with Gasteiger partial charge in [0.15, 0.2) is 0 Å². The van der Waals surface area contributed by atoms with Crippen molar-refractivity contribution in [2.24, 2.45) is 0 Å².